The number of hydrogen-bond acceptors (Lipinski definition) is 7. The number of nitro benzene ring substituents is 1. The Balaban J connectivity index is 1.33. The number of thioether (sulfide) groups is 1. The van der Waals surface area contributed by atoms with E-state index in [-0.39, 0.29) is 23.3 Å². The van der Waals surface area contributed by atoms with Crippen LogP contribution in [0.4, 0.5) is 16.5 Å². The van der Waals surface area contributed by atoms with Crippen LogP contribution in [0.15, 0.2) is 71.6 Å². The quantitative estimate of drug-likeness (QED) is 0.206. The Morgan fingerprint density at radius 1 is 1.06 bits per heavy atom. The van der Waals surface area contributed by atoms with E-state index in [1.165, 1.54) is 47.4 Å². The molecule has 0 bridgehead atoms. The largest absolute Gasteiger partial charge is 0.322 e. The summed E-state index contributed by atoms with van der Waals surface area (Å²) in [7, 11) is 0. The van der Waals surface area contributed by atoms with Crippen molar-refractivity contribution >= 4 is 61.6 Å². The van der Waals surface area contributed by atoms with Crippen LogP contribution in [0.3, 0.4) is 0 Å². The highest BCUT2D eigenvalue weighted by molar-refractivity contribution is 8.00. The summed E-state index contributed by atoms with van der Waals surface area (Å²) < 4.78 is 1.02. The zero-order chi connectivity index (χ0) is 23.4. The highest BCUT2D eigenvalue weighted by atomic mass is 32.2. The SMILES string of the molecule is Cc1ccc2nc(NC(=O)CSc3cccc(NC(=O)c4ccc([N+](=O)[O-])cc4)c3)sc2c1. The highest BCUT2D eigenvalue weighted by Crippen LogP contribution is 2.27. The number of thiazole rings is 1. The zero-order valence-corrected chi connectivity index (χ0v) is 19.0. The van der Waals surface area contributed by atoms with Gasteiger partial charge in [-0.25, -0.2) is 4.98 Å². The maximum Gasteiger partial charge on any atom is 0.269 e. The van der Waals surface area contributed by atoms with Gasteiger partial charge < -0.3 is 10.6 Å². The minimum absolute atomic E-state index is 0.0795. The lowest BCUT2D eigenvalue weighted by molar-refractivity contribution is -0.384. The molecule has 1 heterocycles. The van der Waals surface area contributed by atoms with Crippen molar-refractivity contribution < 1.29 is 14.5 Å². The molecular weight excluding hydrogens is 460 g/mol. The number of nitro groups is 1. The number of hydrogen-bond donors (Lipinski definition) is 2. The molecule has 3 aromatic carbocycles. The molecule has 0 spiro atoms. The molecule has 0 unspecified atom stereocenters. The highest BCUT2D eigenvalue weighted by Gasteiger charge is 2.11. The summed E-state index contributed by atoms with van der Waals surface area (Å²) in [5, 5.41) is 16.9. The zero-order valence-electron chi connectivity index (χ0n) is 17.4. The first-order valence-electron chi connectivity index (χ1n) is 9.83. The van der Waals surface area contributed by atoms with Gasteiger partial charge in [0.25, 0.3) is 11.6 Å². The van der Waals surface area contributed by atoms with E-state index in [0.717, 1.165) is 20.7 Å². The molecule has 33 heavy (non-hydrogen) atoms. The number of amides is 2. The summed E-state index contributed by atoms with van der Waals surface area (Å²) in [6.45, 7) is 2.01. The summed E-state index contributed by atoms with van der Waals surface area (Å²) >= 11 is 2.77. The van der Waals surface area contributed by atoms with E-state index < -0.39 is 4.92 Å². The topological polar surface area (TPSA) is 114 Å². The molecule has 1 aromatic heterocycles. The number of non-ortho nitro benzene ring substituents is 1. The number of nitrogens with zero attached hydrogens (tertiary/aromatic N) is 2. The van der Waals surface area contributed by atoms with Crippen LogP contribution in [0.1, 0.15) is 15.9 Å². The lowest BCUT2D eigenvalue weighted by atomic mass is 10.2. The van der Waals surface area contributed by atoms with Crippen molar-refractivity contribution in [2.45, 2.75) is 11.8 Å². The first-order valence-corrected chi connectivity index (χ1v) is 11.6. The van der Waals surface area contributed by atoms with Gasteiger partial charge >= 0.3 is 0 Å². The van der Waals surface area contributed by atoms with Crippen LogP contribution in [0.5, 0.6) is 0 Å². The maximum atomic E-state index is 12.4. The molecule has 0 atom stereocenters. The van der Waals surface area contributed by atoms with E-state index in [2.05, 4.69) is 15.6 Å². The summed E-state index contributed by atoms with van der Waals surface area (Å²) in [4.78, 5) is 40.3. The van der Waals surface area contributed by atoms with Crippen LogP contribution in [-0.4, -0.2) is 27.5 Å². The predicted molar refractivity (Wildman–Crippen MR) is 131 cm³/mol. The van der Waals surface area contributed by atoms with Gasteiger partial charge in [-0.3, -0.25) is 19.7 Å². The Kier molecular flexibility index (Phi) is 6.66. The Hall–Kier alpha value is -3.76. The molecule has 2 N–H and O–H groups in total. The molecule has 0 aliphatic carbocycles. The van der Waals surface area contributed by atoms with Crippen molar-refractivity contribution in [3.63, 3.8) is 0 Å². The van der Waals surface area contributed by atoms with Crippen molar-refractivity contribution in [2.75, 3.05) is 16.4 Å². The van der Waals surface area contributed by atoms with Crippen LogP contribution in [0.25, 0.3) is 10.2 Å². The number of benzene rings is 3. The molecule has 166 valence electrons. The van der Waals surface area contributed by atoms with Crippen molar-refractivity contribution in [3.8, 4) is 0 Å². The first kappa shape index (κ1) is 22.4. The minimum Gasteiger partial charge on any atom is -0.322 e. The standard InChI is InChI=1S/C23H18N4O4S2/c1-14-5-10-19-20(11-14)33-23(25-19)26-21(28)13-32-18-4-2-3-16(12-18)24-22(29)15-6-8-17(9-7-15)27(30)31/h2-12H,13H2,1H3,(H,24,29)(H,25,26,28). The second-order valence-corrected chi connectivity index (χ2v) is 9.19. The van der Waals surface area contributed by atoms with Crippen LogP contribution in [-0.2, 0) is 4.79 Å². The number of aryl methyl sites for hydroxylation is 1. The fourth-order valence-corrected chi connectivity index (χ4v) is 4.73. The minimum atomic E-state index is -0.518. The third kappa shape index (κ3) is 5.73. The second-order valence-electron chi connectivity index (χ2n) is 7.11. The maximum absolute atomic E-state index is 12.4. The van der Waals surface area contributed by atoms with Gasteiger partial charge in [-0.1, -0.05) is 23.5 Å². The average molecular weight is 479 g/mol. The Labute approximate surface area is 197 Å². The number of carbonyl (C=O) groups excluding carboxylic acids is 2. The summed E-state index contributed by atoms with van der Waals surface area (Å²) in [6.07, 6.45) is 0. The molecule has 0 aliphatic heterocycles. The number of carbonyl (C=O) groups is 2. The van der Waals surface area contributed by atoms with Gasteiger partial charge in [-0.05, 0) is 55.0 Å². The van der Waals surface area contributed by atoms with Gasteiger partial charge in [0.05, 0.1) is 20.9 Å². The van der Waals surface area contributed by atoms with E-state index in [0.29, 0.717) is 16.4 Å². The summed E-state index contributed by atoms with van der Waals surface area (Å²) in [5.41, 5.74) is 2.78. The van der Waals surface area contributed by atoms with Crippen molar-refractivity contribution in [1.29, 1.82) is 0 Å². The molecule has 0 saturated heterocycles. The number of fused-ring (bicyclic) bond motifs is 1. The van der Waals surface area contributed by atoms with E-state index in [9.17, 15) is 19.7 Å². The summed E-state index contributed by atoms with van der Waals surface area (Å²) in [5.74, 6) is -0.360. The normalized spacial score (nSPS) is 10.7. The van der Waals surface area contributed by atoms with Gasteiger partial charge in [-0.15, -0.1) is 11.8 Å². The Morgan fingerprint density at radius 2 is 1.85 bits per heavy atom. The second kappa shape index (κ2) is 9.80. The lowest BCUT2D eigenvalue weighted by Gasteiger charge is -2.07. The molecule has 0 saturated carbocycles. The molecule has 4 aromatic rings. The van der Waals surface area contributed by atoms with E-state index in [4.69, 9.17) is 0 Å². The molecule has 8 nitrogen and oxygen atoms in total. The van der Waals surface area contributed by atoms with Crippen molar-refractivity contribution in [3.05, 3.63) is 88.0 Å². The fourth-order valence-electron chi connectivity index (χ4n) is 2.99. The van der Waals surface area contributed by atoms with Crippen LogP contribution >= 0.6 is 23.1 Å². The number of rotatable bonds is 7. The Bertz CT molecular complexity index is 1350. The number of aromatic nitrogens is 1. The van der Waals surface area contributed by atoms with Gasteiger partial charge in [0.15, 0.2) is 5.13 Å². The number of nitrogens with one attached hydrogen (secondary N) is 2. The fraction of sp³-hybridized carbons (Fsp3) is 0.0870. The van der Waals surface area contributed by atoms with Gasteiger partial charge in [-0.2, -0.15) is 0 Å². The Morgan fingerprint density at radius 3 is 2.61 bits per heavy atom. The molecule has 0 aliphatic rings. The molecule has 0 radical (unpaired) electrons. The van der Waals surface area contributed by atoms with Crippen molar-refractivity contribution in [1.82, 2.24) is 4.98 Å². The van der Waals surface area contributed by atoms with Gasteiger partial charge in [0, 0.05) is 28.3 Å². The van der Waals surface area contributed by atoms with E-state index >= 15 is 0 Å². The van der Waals surface area contributed by atoms with Crippen LogP contribution < -0.4 is 10.6 Å². The van der Waals surface area contributed by atoms with E-state index in [1.807, 2.05) is 31.2 Å². The molecule has 2 amide bonds. The predicted octanol–water partition coefficient (Wildman–Crippen LogP) is 5.50. The third-order valence-corrected chi connectivity index (χ3v) is 6.52. The third-order valence-electron chi connectivity index (χ3n) is 4.59. The average Bonchev–Trinajstić information content (AvgIpc) is 3.19. The molecule has 10 heteroatoms. The molecule has 4 rings (SSSR count). The monoisotopic (exact) mass is 478 g/mol. The van der Waals surface area contributed by atoms with Crippen LogP contribution in [0.2, 0.25) is 0 Å². The molecular formula is C23H18N4O4S2. The van der Waals surface area contributed by atoms with Gasteiger partial charge in [0.2, 0.25) is 5.91 Å². The van der Waals surface area contributed by atoms with Crippen molar-refractivity contribution in [2.24, 2.45) is 0 Å². The smallest absolute Gasteiger partial charge is 0.269 e. The van der Waals surface area contributed by atoms with Crippen LogP contribution in [0, 0.1) is 17.0 Å². The summed E-state index contributed by atoms with van der Waals surface area (Å²) in [6, 6.07) is 18.4. The van der Waals surface area contributed by atoms with E-state index in [1.54, 1.807) is 18.2 Å². The number of anilines is 2. The molecule has 0 fully saturated rings. The first-order chi connectivity index (χ1) is 15.9. The lowest BCUT2D eigenvalue weighted by Crippen LogP contribution is -2.14. The van der Waals surface area contributed by atoms with Gasteiger partial charge in [0.1, 0.15) is 0 Å².